The molecule has 44 heavy (non-hydrogen) atoms. The van der Waals surface area contributed by atoms with Gasteiger partial charge in [-0.25, -0.2) is 38.1 Å². The van der Waals surface area contributed by atoms with Crippen LogP contribution in [0.4, 0.5) is 36.4 Å². The van der Waals surface area contributed by atoms with Crippen molar-refractivity contribution in [3.63, 3.8) is 0 Å². The number of anilines is 4. The van der Waals surface area contributed by atoms with Crippen molar-refractivity contribution in [3.8, 4) is 21.8 Å². The van der Waals surface area contributed by atoms with E-state index in [1.807, 2.05) is 11.0 Å². The molecule has 0 unspecified atom stereocenters. The molecule has 226 valence electrons. The summed E-state index contributed by atoms with van der Waals surface area (Å²) in [6, 6.07) is 10.4. The Hall–Kier alpha value is -4.27. The Morgan fingerprint density at radius 3 is 2.45 bits per heavy atom. The topological polar surface area (TPSA) is 101 Å². The minimum Gasteiger partial charge on any atom is -0.378 e. The molecule has 4 aromatic heterocycles. The zero-order valence-corrected chi connectivity index (χ0v) is 25.4. The molecule has 0 spiro atoms. The number of morpholine rings is 1. The summed E-state index contributed by atoms with van der Waals surface area (Å²) in [6.07, 6.45) is 4.77. The van der Waals surface area contributed by atoms with Crippen LogP contribution in [-0.2, 0) is 4.74 Å². The van der Waals surface area contributed by atoms with E-state index in [4.69, 9.17) is 14.7 Å². The zero-order valence-electron chi connectivity index (χ0n) is 23.7. The number of ether oxygens (including phenoxy) is 1. The highest BCUT2D eigenvalue weighted by molar-refractivity contribution is 8.00. The van der Waals surface area contributed by atoms with Crippen LogP contribution < -0.4 is 14.9 Å². The molecule has 1 aromatic carbocycles. The Balaban J connectivity index is 1.26. The number of nitrogens with one attached hydrogen (secondary N) is 2. The average molecular weight is 637 g/mol. The Morgan fingerprint density at radius 1 is 0.932 bits per heavy atom. The van der Waals surface area contributed by atoms with Gasteiger partial charge in [0, 0.05) is 43.0 Å². The van der Waals surface area contributed by atoms with Crippen molar-refractivity contribution in [3.05, 3.63) is 83.5 Å². The highest BCUT2D eigenvalue weighted by Crippen LogP contribution is 2.39. The van der Waals surface area contributed by atoms with E-state index in [-0.39, 0.29) is 22.6 Å². The minimum absolute atomic E-state index is 0.150. The van der Waals surface area contributed by atoms with Gasteiger partial charge in [0.05, 0.1) is 51.3 Å². The maximum absolute atomic E-state index is 14.9. The van der Waals surface area contributed by atoms with Crippen LogP contribution in [0.15, 0.2) is 66.0 Å². The van der Waals surface area contributed by atoms with Crippen LogP contribution >= 0.6 is 23.3 Å². The second-order valence-corrected chi connectivity index (χ2v) is 11.9. The number of halogens is 3. The quantitative estimate of drug-likeness (QED) is 0.160. The lowest BCUT2D eigenvalue weighted by Crippen LogP contribution is -2.37. The number of nitrogens with zero attached hydrogens (tertiary/aromatic N) is 6. The van der Waals surface area contributed by atoms with Crippen LogP contribution in [-0.4, -0.2) is 51.2 Å². The summed E-state index contributed by atoms with van der Waals surface area (Å²) >= 11 is 2.31. The predicted octanol–water partition coefficient (Wildman–Crippen LogP) is 7.30. The van der Waals surface area contributed by atoms with Crippen LogP contribution in [0.25, 0.3) is 21.8 Å². The van der Waals surface area contributed by atoms with Gasteiger partial charge in [-0.05, 0) is 42.3 Å². The Bertz CT molecular complexity index is 1760. The third kappa shape index (κ3) is 6.61. The van der Waals surface area contributed by atoms with Crippen LogP contribution in [0.2, 0.25) is 0 Å². The van der Waals surface area contributed by atoms with Crippen LogP contribution in [0, 0.1) is 17.5 Å². The molecule has 0 bridgehead atoms. The van der Waals surface area contributed by atoms with Crippen molar-refractivity contribution in [2.45, 2.75) is 24.7 Å². The van der Waals surface area contributed by atoms with Gasteiger partial charge in [0.1, 0.15) is 17.5 Å². The molecular weight excluding hydrogens is 610 g/mol. The summed E-state index contributed by atoms with van der Waals surface area (Å²) in [6.45, 7) is 6.33. The number of pyridine rings is 2. The second-order valence-electron chi connectivity index (χ2n) is 10.1. The number of benzene rings is 1. The first-order chi connectivity index (χ1) is 21.4. The van der Waals surface area contributed by atoms with E-state index in [2.05, 4.69) is 38.8 Å². The van der Waals surface area contributed by atoms with Gasteiger partial charge in [-0.15, -0.1) is 11.3 Å². The highest BCUT2D eigenvalue weighted by atomic mass is 32.2. The Labute approximate surface area is 260 Å². The maximum atomic E-state index is 14.9. The van der Waals surface area contributed by atoms with Gasteiger partial charge in [0.15, 0.2) is 11.6 Å². The SMILES string of the molecule is CC(C)c1nc(-c2ccnc(NSc3c(F)cccc3F)c2)c(-c2ccnc(Nc3cnc(N4CCOCC4)c(F)c3)n2)s1. The van der Waals surface area contributed by atoms with Crippen molar-refractivity contribution >= 4 is 46.6 Å². The standard InChI is InChI=1S/C30H27F3N8OS2/c1-17(2)29-39-25(18-6-8-34-24(14-18)40-44-26-20(31)4-3-5-21(26)32)27(43-29)23-7-9-35-30(38-23)37-19-15-22(33)28(36-16-19)41-10-12-42-13-11-41/h3-9,14-17H,10-13H2,1-2H3,(H,34,40)(H,35,37,38). The number of thiazole rings is 1. The average Bonchev–Trinajstić information content (AvgIpc) is 3.48. The molecule has 2 N–H and O–H groups in total. The summed E-state index contributed by atoms with van der Waals surface area (Å²) in [4.78, 5) is 25.1. The van der Waals surface area contributed by atoms with E-state index in [9.17, 15) is 13.2 Å². The first-order valence-electron chi connectivity index (χ1n) is 13.8. The largest absolute Gasteiger partial charge is 0.378 e. The lowest BCUT2D eigenvalue weighted by molar-refractivity contribution is 0.122. The van der Waals surface area contributed by atoms with Gasteiger partial charge in [0.2, 0.25) is 5.95 Å². The molecule has 0 radical (unpaired) electrons. The molecule has 0 atom stereocenters. The molecule has 14 heteroatoms. The number of hydrogen-bond donors (Lipinski definition) is 2. The predicted molar refractivity (Wildman–Crippen MR) is 167 cm³/mol. The van der Waals surface area contributed by atoms with Gasteiger partial charge in [-0.2, -0.15) is 0 Å². The molecule has 5 aromatic rings. The van der Waals surface area contributed by atoms with Crippen molar-refractivity contribution in [1.82, 2.24) is 24.9 Å². The van der Waals surface area contributed by atoms with E-state index in [1.165, 1.54) is 35.6 Å². The fraction of sp³-hybridized carbons (Fsp3) is 0.233. The first kappa shape index (κ1) is 29.8. The molecule has 6 rings (SSSR count). The molecular formula is C30H27F3N8OS2. The summed E-state index contributed by atoms with van der Waals surface area (Å²) in [5, 5.41) is 3.96. The number of rotatable bonds is 9. The van der Waals surface area contributed by atoms with Crippen molar-refractivity contribution in [2.24, 2.45) is 0 Å². The molecule has 9 nitrogen and oxygen atoms in total. The highest BCUT2D eigenvalue weighted by Gasteiger charge is 2.20. The smallest absolute Gasteiger partial charge is 0.227 e. The lowest BCUT2D eigenvalue weighted by atomic mass is 10.1. The number of aromatic nitrogens is 5. The summed E-state index contributed by atoms with van der Waals surface area (Å²) in [5.74, 6) is -0.660. The van der Waals surface area contributed by atoms with Gasteiger partial charge in [0.25, 0.3) is 0 Å². The molecule has 0 aliphatic carbocycles. The first-order valence-corrected chi connectivity index (χ1v) is 15.4. The Kier molecular flexibility index (Phi) is 8.91. The van der Waals surface area contributed by atoms with Crippen LogP contribution in [0.1, 0.15) is 24.8 Å². The van der Waals surface area contributed by atoms with Crippen molar-refractivity contribution < 1.29 is 17.9 Å². The monoisotopic (exact) mass is 636 g/mol. The lowest BCUT2D eigenvalue weighted by Gasteiger charge is -2.28. The van der Waals surface area contributed by atoms with Gasteiger partial charge in [-0.3, -0.25) is 0 Å². The molecule has 5 heterocycles. The molecule has 1 saturated heterocycles. The summed E-state index contributed by atoms with van der Waals surface area (Å²) in [7, 11) is 0. The third-order valence-corrected chi connectivity index (χ3v) is 8.91. The maximum Gasteiger partial charge on any atom is 0.227 e. The normalized spacial score (nSPS) is 13.4. The number of hydrogen-bond acceptors (Lipinski definition) is 11. The van der Waals surface area contributed by atoms with Crippen molar-refractivity contribution in [2.75, 3.05) is 41.2 Å². The van der Waals surface area contributed by atoms with Crippen LogP contribution in [0.5, 0.6) is 0 Å². The van der Waals surface area contributed by atoms with E-state index in [0.717, 1.165) is 27.4 Å². The molecule has 0 saturated carbocycles. The molecule has 1 aliphatic heterocycles. The van der Waals surface area contributed by atoms with E-state index >= 15 is 0 Å². The fourth-order valence-corrected chi connectivity index (χ4v) is 6.16. The van der Waals surface area contributed by atoms with Gasteiger partial charge >= 0.3 is 0 Å². The molecule has 1 fully saturated rings. The zero-order chi connectivity index (χ0) is 30.6. The second kappa shape index (κ2) is 13.2. The molecule has 1 aliphatic rings. The van der Waals surface area contributed by atoms with E-state index in [0.29, 0.717) is 49.2 Å². The van der Waals surface area contributed by atoms with E-state index < -0.39 is 17.5 Å². The minimum atomic E-state index is -0.665. The summed E-state index contributed by atoms with van der Waals surface area (Å²) < 4.78 is 51.5. The van der Waals surface area contributed by atoms with Gasteiger partial charge in [-0.1, -0.05) is 19.9 Å². The molecule has 0 amide bonds. The van der Waals surface area contributed by atoms with Crippen LogP contribution in [0.3, 0.4) is 0 Å². The van der Waals surface area contributed by atoms with E-state index in [1.54, 1.807) is 30.7 Å². The third-order valence-electron chi connectivity index (χ3n) is 6.62. The summed E-state index contributed by atoms with van der Waals surface area (Å²) in [5.41, 5.74) is 2.46. The van der Waals surface area contributed by atoms with Crippen molar-refractivity contribution in [1.29, 1.82) is 0 Å². The van der Waals surface area contributed by atoms with Gasteiger partial charge < -0.3 is 19.7 Å². The Morgan fingerprint density at radius 2 is 1.70 bits per heavy atom. The fourth-order valence-electron chi connectivity index (χ4n) is 4.45.